The van der Waals surface area contributed by atoms with Crippen molar-refractivity contribution in [2.24, 2.45) is 0 Å². The fourth-order valence-corrected chi connectivity index (χ4v) is 3.96. The summed E-state index contributed by atoms with van der Waals surface area (Å²) in [5, 5.41) is 10.2. The van der Waals surface area contributed by atoms with E-state index >= 15 is 0 Å². The molecule has 1 saturated carbocycles. The molecule has 3 nitrogen and oxygen atoms in total. The zero-order valence-corrected chi connectivity index (χ0v) is 15.4. The van der Waals surface area contributed by atoms with Gasteiger partial charge in [0.05, 0.1) is 0 Å². The average Bonchev–Trinajstić information content (AvgIpc) is 2.62. The first-order valence-corrected chi connectivity index (χ1v) is 9.44. The molecule has 0 spiro atoms. The first-order valence-electron chi connectivity index (χ1n) is 9.44. The Morgan fingerprint density at radius 1 is 0.958 bits per heavy atom. The predicted molar refractivity (Wildman–Crippen MR) is 94.1 cm³/mol. The Morgan fingerprint density at radius 3 is 2.25 bits per heavy atom. The topological polar surface area (TPSA) is 32.7 Å². The maximum atomic E-state index is 10.2. The molecule has 1 aliphatic heterocycles. The van der Waals surface area contributed by atoms with Crippen LogP contribution in [0.2, 0.25) is 0 Å². The van der Waals surface area contributed by atoms with E-state index in [1.54, 1.807) is 0 Å². The van der Waals surface area contributed by atoms with Crippen LogP contribution < -0.4 is 17.1 Å². The second-order valence-corrected chi connectivity index (χ2v) is 7.23. The third kappa shape index (κ3) is 5.94. The summed E-state index contributed by atoms with van der Waals surface area (Å²) in [6, 6.07) is 8.56. The van der Waals surface area contributed by atoms with Gasteiger partial charge in [-0.05, 0) is 62.4 Å². The monoisotopic (exact) mass is 352 g/mol. The van der Waals surface area contributed by atoms with Gasteiger partial charge in [-0.2, -0.15) is 0 Å². The van der Waals surface area contributed by atoms with Crippen LogP contribution >= 0.6 is 0 Å². The van der Waals surface area contributed by atoms with Crippen molar-refractivity contribution in [2.45, 2.75) is 63.4 Å². The van der Waals surface area contributed by atoms with Gasteiger partial charge in [0.25, 0.3) is 0 Å². The summed E-state index contributed by atoms with van der Waals surface area (Å²) < 4.78 is 5.77. The van der Waals surface area contributed by atoms with Crippen LogP contribution in [-0.4, -0.2) is 42.4 Å². The molecule has 1 unspecified atom stereocenters. The van der Waals surface area contributed by atoms with Crippen molar-refractivity contribution in [3.05, 3.63) is 29.8 Å². The number of hydrogen-bond acceptors (Lipinski definition) is 3. The van der Waals surface area contributed by atoms with Gasteiger partial charge in [0.15, 0.2) is 0 Å². The molecule has 0 amide bonds. The van der Waals surface area contributed by atoms with Crippen molar-refractivity contribution in [3.8, 4) is 5.75 Å². The lowest BCUT2D eigenvalue weighted by molar-refractivity contribution is -0.00000713. The van der Waals surface area contributed by atoms with Crippen LogP contribution in [-0.2, 0) is 0 Å². The van der Waals surface area contributed by atoms with E-state index in [2.05, 4.69) is 29.2 Å². The molecular formula is C20H31ClNO2-. The lowest BCUT2D eigenvalue weighted by Gasteiger charge is -2.28. The third-order valence-electron chi connectivity index (χ3n) is 5.32. The van der Waals surface area contributed by atoms with E-state index in [1.165, 1.54) is 56.9 Å². The fourth-order valence-electron chi connectivity index (χ4n) is 3.96. The first-order chi connectivity index (χ1) is 11.3. The molecule has 1 aliphatic carbocycles. The summed E-state index contributed by atoms with van der Waals surface area (Å²) in [5.74, 6) is 1.62. The normalized spacial score (nSPS) is 21.0. The minimum absolute atomic E-state index is 0. The molecule has 2 fully saturated rings. The second-order valence-electron chi connectivity index (χ2n) is 7.23. The summed E-state index contributed by atoms with van der Waals surface area (Å²) in [5.41, 5.74) is 1.45. The highest BCUT2D eigenvalue weighted by atomic mass is 35.5. The minimum atomic E-state index is -0.397. The smallest absolute Gasteiger partial charge is 0.119 e. The molecule has 2 aliphatic rings. The number of likely N-dealkylation sites (tertiary alicyclic amines) is 1. The average molecular weight is 353 g/mol. The van der Waals surface area contributed by atoms with Crippen LogP contribution in [0.4, 0.5) is 0 Å². The van der Waals surface area contributed by atoms with Gasteiger partial charge in [0.2, 0.25) is 0 Å². The van der Waals surface area contributed by atoms with Gasteiger partial charge in [-0.25, -0.2) is 0 Å². The van der Waals surface area contributed by atoms with Gasteiger partial charge < -0.3 is 27.2 Å². The maximum Gasteiger partial charge on any atom is 0.119 e. The molecule has 1 N–H and O–H groups in total. The van der Waals surface area contributed by atoms with E-state index in [4.69, 9.17) is 4.74 Å². The number of piperidine rings is 1. The van der Waals surface area contributed by atoms with Gasteiger partial charge in [-0.1, -0.05) is 37.8 Å². The predicted octanol–water partition coefficient (Wildman–Crippen LogP) is 0.964. The highest BCUT2D eigenvalue weighted by molar-refractivity contribution is 5.29. The number of ether oxygens (including phenoxy) is 1. The number of halogens is 1. The Labute approximate surface area is 152 Å². The molecule has 1 aromatic rings. The summed E-state index contributed by atoms with van der Waals surface area (Å²) in [6.45, 7) is 3.36. The molecule has 1 saturated heterocycles. The molecule has 3 rings (SSSR count). The van der Waals surface area contributed by atoms with Crippen molar-refractivity contribution < 1.29 is 22.3 Å². The van der Waals surface area contributed by atoms with Crippen molar-refractivity contribution >= 4 is 0 Å². The van der Waals surface area contributed by atoms with Crippen molar-refractivity contribution in [3.63, 3.8) is 0 Å². The molecule has 1 atom stereocenters. The van der Waals surface area contributed by atoms with E-state index in [-0.39, 0.29) is 12.4 Å². The number of β-amino-alcohol motifs (C(OH)–C–C–N with tert-alkyl or cyclic N) is 1. The lowest BCUT2D eigenvalue weighted by atomic mass is 9.84. The lowest BCUT2D eigenvalue weighted by Crippen LogP contribution is -3.00. The quantitative estimate of drug-likeness (QED) is 0.828. The van der Waals surface area contributed by atoms with Crippen molar-refractivity contribution in [2.75, 3.05) is 26.2 Å². The van der Waals surface area contributed by atoms with Crippen LogP contribution in [0.1, 0.15) is 62.8 Å². The molecule has 0 radical (unpaired) electrons. The number of rotatable bonds is 6. The number of benzene rings is 1. The third-order valence-corrected chi connectivity index (χ3v) is 5.32. The van der Waals surface area contributed by atoms with Crippen LogP contribution in [0.3, 0.4) is 0 Å². The number of hydrogen-bond donors (Lipinski definition) is 1. The van der Waals surface area contributed by atoms with Gasteiger partial charge in [-0.15, -0.1) is 0 Å². The molecule has 24 heavy (non-hydrogen) atoms. The Hall–Kier alpha value is -0.770. The minimum Gasteiger partial charge on any atom is -1.00 e. The fraction of sp³-hybridized carbons (Fsp3) is 0.700. The van der Waals surface area contributed by atoms with Crippen LogP contribution in [0.25, 0.3) is 0 Å². The van der Waals surface area contributed by atoms with Crippen LogP contribution in [0.5, 0.6) is 5.75 Å². The van der Waals surface area contributed by atoms with Crippen LogP contribution in [0, 0.1) is 0 Å². The number of nitrogens with zero attached hydrogens (tertiary/aromatic N) is 1. The number of aliphatic hydroxyl groups excluding tert-OH is 1. The zero-order chi connectivity index (χ0) is 15.9. The van der Waals surface area contributed by atoms with Crippen molar-refractivity contribution in [1.82, 2.24) is 4.90 Å². The Balaban J connectivity index is 0.00000208. The summed E-state index contributed by atoms with van der Waals surface area (Å²) >= 11 is 0. The Morgan fingerprint density at radius 2 is 1.58 bits per heavy atom. The summed E-state index contributed by atoms with van der Waals surface area (Å²) in [6.07, 6.45) is 10.2. The summed E-state index contributed by atoms with van der Waals surface area (Å²) in [4.78, 5) is 2.35. The van der Waals surface area contributed by atoms with Gasteiger partial charge >= 0.3 is 0 Å². The highest BCUT2D eigenvalue weighted by Crippen LogP contribution is 2.33. The van der Waals surface area contributed by atoms with Gasteiger partial charge in [0.1, 0.15) is 18.5 Å². The first kappa shape index (κ1) is 19.6. The summed E-state index contributed by atoms with van der Waals surface area (Å²) in [7, 11) is 0. The standard InChI is InChI=1S/C20H31NO2.ClH/c22-19(15-21-13-5-2-6-14-21)16-23-20-11-9-18(10-12-20)17-7-3-1-4-8-17;/h9-12,17,19,22H,1-8,13-16H2;1H/p-1. The maximum absolute atomic E-state index is 10.2. The van der Waals surface area contributed by atoms with E-state index in [0.29, 0.717) is 6.61 Å². The molecule has 1 heterocycles. The Kier molecular flexibility index (Phi) is 8.37. The van der Waals surface area contributed by atoms with E-state index < -0.39 is 6.10 Å². The van der Waals surface area contributed by atoms with Gasteiger partial charge in [0, 0.05) is 6.54 Å². The SMILES string of the molecule is OC(COc1ccc(C2CCCCC2)cc1)CN1CCCCC1.[Cl-]. The molecule has 136 valence electrons. The molecule has 1 aromatic carbocycles. The molecule has 0 aromatic heterocycles. The Bertz CT molecular complexity index is 453. The van der Waals surface area contributed by atoms with E-state index in [0.717, 1.165) is 31.3 Å². The number of aliphatic hydroxyl groups is 1. The molecule has 0 bridgehead atoms. The van der Waals surface area contributed by atoms with E-state index in [9.17, 15) is 5.11 Å². The van der Waals surface area contributed by atoms with Gasteiger partial charge in [-0.3, -0.25) is 0 Å². The molecule has 4 heteroatoms. The molecular weight excluding hydrogens is 322 g/mol. The second kappa shape index (κ2) is 10.3. The largest absolute Gasteiger partial charge is 1.00 e. The van der Waals surface area contributed by atoms with Crippen molar-refractivity contribution in [1.29, 1.82) is 0 Å². The highest BCUT2D eigenvalue weighted by Gasteiger charge is 2.16. The van der Waals surface area contributed by atoms with E-state index in [1.807, 2.05) is 0 Å². The van der Waals surface area contributed by atoms with Crippen LogP contribution in [0.15, 0.2) is 24.3 Å². The zero-order valence-electron chi connectivity index (χ0n) is 14.6.